The summed E-state index contributed by atoms with van der Waals surface area (Å²) in [5.74, 6) is -3.14. The van der Waals surface area contributed by atoms with Crippen LogP contribution in [0.25, 0.3) is 0 Å². The number of hydrogen-bond acceptors (Lipinski definition) is 5. The molecule has 0 radical (unpaired) electrons. The first-order valence-electron chi connectivity index (χ1n) is 12.4. The van der Waals surface area contributed by atoms with E-state index in [4.69, 9.17) is 15.5 Å². The fourth-order valence-electron chi connectivity index (χ4n) is 5.57. The lowest BCUT2D eigenvalue weighted by Gasteiger charge is -2.41. The molecule has 3 N–H and O–H groups in total. The number of guanidine groups is 1. The van der Waals surface area contributed by atoms with E-state index in [1.165, 1.54) is 4.90 Å². The lowest BCUT2D eigenvalue weighted by atomic mass is 9.87. The van der Waals surface area contributed by atoms with Crippen molar-refractivity contribution in [3.8, 4) is 5.75 Å². The minimum atomic E-state index is -3.09. The number of nitrogens with one attached hydrogen (secondary N) is 1. The van der Waals surface area contributed by atoms with Crippen LogP contribution in [0.1, 0.15) is 78.7 Å². The third-order valence-electron chi connectivity index (χ3n) is 7.75. The number of carbonyl (C=O) groups is 2. The molecule has 0 aromatic heterocycles. The van der Waals surface area contributed by atoms with Crippen molar-refractivity contribution < 1.29 is 23.1 Å². The molecular formula is C27H30F2N4O3. The Morgan fingerprint density at radius 1 is 1.17 bits per heavy atom. The molecule has 2 aromatic rings. The van der Waals surface area contributed by atoms with Crippen LogP contribution >= 0.6 is 0 Å². The van der Waals surface area contributed by atoms with Gasteiger partial charge in [0.05, 0.1) is 24.6 Å². The molecule has 0 bridgehead atoms. The molecule has 3 aliphatic rings. The largest absolute Gasteiger partial charge is 0.493 e. The quantitative estimate of drug-likeness (QED) is 0.646. The third-order valence-corrected chi connectivity index (χ3v) is 7.75. The van der Waals surface area contributed by atoms with E-state index >= 15 is 0 Å². The van der Waals surface area contributed by atoms with Gasteiger partial charge in [0.1, 0.15) is 11.8 Å². The highest BCUT2D eigenvalue weighted by Gasteiger charge is 2.48. The molecular weight excluding hydrogens is 466 g/mol. The van der Waals surface area contributed by atoms with Gasteiger partial charge < -0.3 is 15.8 Å². The van der Waals surface area contributed by atoms with Gasteiger partial charge in [0.15, 0.2) is 5.96 Å². The summed E-state index contributed by atoms with van der Waals surface area (Å²) in [5.41, 5.74) is 7.59. The smallest absolute Gasteiger partial charge is 0.276 e. The zero-order valence-electron chi connectivity index (χ0n) is 20.4. The zero-order valence-corrected chi connectivity index (χ0v) is 20.4. The van der Waals surface area contributed by atoms with Gasteiger partial charge in [0.25, 0.3) is 11.8 Å². The minimum absolute atomic E-state index is 0.124. The Labute approximate surface area is 208 Å². The zero-order chi connectivity index (χ0) is 25.7. The van der Waals surface area contributed by atoms with Gasteiger partial charge in [-0.2, -0.15) is 0 Å². The van der Waals surface area contributed by atoms with Gasteiger partial charge in [-0.05, 0) is 42.2 Å². The topological polar surface area (TPSA) is 97.0 Å². The summed E-state index contributed by atoms with van der Waals surface area (Å²) >= 11 is 0. The van der Waals surface area contributed by atoms with Crippen LogP contribution in [0.4, 0.5) is 8.78 Å². The highest BCUT2D eigenvalue weighted by molar-refractivity contribution is 6.00. The predicted octanol–water partition coefficient (Wildman–Crippen LogP) is 4.28. The van der Waals surface area contributed by atoms with Gasteiger partial charge in [-0.3, -0.25) is 14.5 Å². The van der Waals surface area contributed by atoms with Crippen LogP contribution < -0.4 is 15.8 Å². The molecule has 0 saturated heterocycles. The summed E-state index contributed by atoms with van der Waals surface area (Å²) < 4.78 is 35.3. The molecule has 0 spiro atoms. The van der Waals surface area contributed by atoms with Crippen LogP contribution in [0, 0.1) is 0 Å². The number of aliphatic imine (C=N–C) groups is 1. The summed E-state index contributed by atoms with van der Waals surface area (Å²) in [6.07, 6.45) is 1.71. The Balaban J connectivity index is 1.44. The van der Waals surface area contributed by atoms with Crippen LogP contribution in [0.15, 0.2) is 47.5 Å². The summed E-state index contributed by atoms with van der Waals surface area (Å²) in [7, 11) is 0. The van der Waals surface area contributed by atoms with E-state index in [-0.39, 0.29) is 23.9 Å². The second kappa shape index (κ2) is 8.87. The van der Waals surface area contributed by atoms with E-state index in [0.29, 0.717) is 48.3 Å². The van der Waals surface area contributed by atoms with Crippen molar-refractivity contribution in [2.24, 2.45) is 10.7 Å². The Hall–Kier alpha value is -3.49. The van der Waals surface area contributed by atoms with E-state index in [9.17, 15) is 18.4 Å². The number of nitrogens with zero attached hydrogens (tertiary/aromatic N) is 2. The molecule has 2 aliphatic heterocycles. The standard InChI is InChI=1S/C27H30F2N4O3/c1-3-26(4-2)15-22(34)33(25(30)32-26)20-11-12-36-21-10-9-16(13-19(20)21)24(35)31-23-18-8-6-5-7-17(18)14-27(23,28)29/h5-10,13,20,23H,3-4,11-12,14-15H2,1-2H3,(H2,30,32)(H,31,35)/t20-,23?/m1/s1. The van der Waals surface area contributed by atoms with Crippen molar-refractivity contribution in [1.82, 2.24) is 10.2 Å². The van der Waals surface area contributed by atoms with Crippen molar-refractivity contribution >= 4 is 17.8 Å². The predicted molar refractivity (Wildman–Crippen MR) is 131 cm³/mol. The number of carbonyl (C=O) groups excluding carboxylic acids is 2. The molecule has 7 nitrogen and oxygen atoms in total. The number of halogens is 2. The van der Waals surface area contributed by atoms with E-state index in [1.807, 2.05) is 13.8 Å². The lowest BCUT2D eigenvalue weighted by molar-refractivity contribution is -0.132. The molecule has 36 heavy (non-hydrogen) atoms. The number of benzene rings is 2. The van der Waals surface area contributed by atoms with Gasteiger partial charge in [0.2, 0.25) is 5.91 Å². The Morgan fingerprint density at radius 2 is 1.92 bits per heavy atom. The van der Waals surface area contributed by atoms with Gasteiger partial charge in [-0.25, -0.2) is 13.8 Å². The number of amides is 2. The number of ether oxygens (including phenoxy) is 1. The molecule has 2 atom stereocenters. The molecule has 1 unspecified atom stereocenters. The minimum Gasteiger partial charge on any atom is -0.493 e. The van der Waals surface area contributed by atoms with Gasteiger partial charge >= 0.3 is 0 Å². The number of fused-ring (bicyclic) bond motifs is 2. The maximum Gasteiger partial charge on any atom is 0.276 e. The first-order chi connectivity index (χ1) is 17.2. The van der Waals surface area contributed by atoms with E-state index in [0.717, 1.165) is 0 Å². The SMILES string of the molecule is CCC1(CC)CC(=O)N([C@@H]2CCOc3ccc(C(=O)NC4c5ccccc5CC4(F)F)cc32)C(N)=N1. The van der Waals surface area contributed by atoms with Crippen LogP contribution in [0.2, 0.25) is 0 Å². The molecule has 9 heteroatoms. The highest BCUT2D eigenvalue weighted by atomic mass is 19.3. The normalized spacial score (nSPS) is 23.8. The molecule has 0 saturated carbocycles. The lowest BCUT2D eigenvalue weighted by Crippen LogP contribution is -2.53. The average molecular weight is 497 g/mol. The summed E-state index contributed by atoms with van der Waals surface area (Å²) in [5, 5.41) is 2.53. The van der Waals surface area contributed by atoms with E-state index < -0.39 is 35.9 Å². The van der Waals surface area contributed by atoms with Crippen LogP contribution in [-0.2, 0) is 11.2 Å². The molecule has 190 valence electrons. The maximum atomic E-state index is 14.8. The van der Waals surface area contributed by atoms with Crippen LogP contribution in [0.5, 0.6) is 5.75 Å². The van der Waals surface area contributed by atoms with Gasteiger partial charge in [-0.15, -0.1) is 0 Å². The molecule has 0 fully saturated rings. The Morgan fingerprint density at radius 3 is 2.64 bits per heavy atom. The van der Waals surface area contributed by atoms with E-state index in [1.54, 1.807) is 42.5 Å². The van der Waals surface area contributed by atoms with Crippen molar-refractivity contribution in [2.75, 3.05) is 6.61 Å². The highest BCUT2D eigenvalue weighted by Crippen LogP contribution is 2.44. The molecule has 2 amide bonds. The first-order valence-corrected chi connectivity index (χ1v) is 12.4. The fourth-order valence-corrected chi connectivity index (χ4v) is 5.57. The first kappa shape index (κ1) is 24.2. The van der Waals surface area contributed by atoms with Crippen LogP contribution in [-0.4, -0.2) is 40.7 Å². The average Bonchev–Trinajstić information content (AvgIpc) is 3.12. The summed E-state index contributed by atoms with van der Waals surface area (Å²) in [6, 6.07) is 9.60. The number of rotatable bonds is 5. The molecule has 1 aliphatic carbocycles. The monoisotopic (exact) mass is 496 g/mol. The van der Waals surface area contributed by atoms with Gasteiger partial charge in [0, 0.05) is 24.0 Å². The van der Waals surface area contributed by atoms with Crippen LogP contribution in [0.3, 0.4) is 0 Å². The van der Waals surface area contributed by atoms with Crippen molar-refractivity contribution in [2.45, 2.75) is 69.5 Å². The van der Waals surface area contributed by atoms with Crippen molar-refractivity contribution in [1.29, 1.82) is 0 Å². The molecule has 2 heterocycles. The Bertz CT molecular complexity index is 1240. The second-order valence-corrected chi connectivity index (χ2v) is 9.79. The van der Waals surface area contributed by atoms with Crippen molar-refractivity contribution in [3.63, 3.8) is 0 Å². The number of alkyl halides is 2. The summed E-state index contributed by atoms with van der Waals surface area (Å²) in [4.78, 5) is 32.6. The fraction of sp³-hybridized carbons (Fsp3) is 0.444. The molecule has 2 aromatic carbocycles. The van der Waals surface area contributed by atoms with E-state index in [2.05, 4.69) is 5.32 Å². The van der Waals surface area contributed by atoms with Gasteiger partial charge in [-0.1, -0.05) is 38.1 Å². The number of nitrogens with two attached hydrogens (primary N) is 1. The number of hydrogen-bond donors (Lipinski definition) is 2. The molecule has 5 rings (SSSR count). The second-order valence-electron chi connectivity index (χ2n) is 9.79. The maximum absolute atomic E-state index is 14.8. The third kappa shape index (κ3) is 4.00. The van der Waals surface area contributed by atoms with Crippen molar-refractivity contribution in [3.05, 3.63) is 64.7 Å². The Kier molecular flexibility index (Phi) is 5.97. The summed E-state index contributed by atoms with van der Waals surface area (Å²) in [6.45, 7) is 4.35.